The Morgan fingerprint density at radius 3 is 2.84 bits per heavy atom. The van der Waals surface area contributed by atoms with Crippen molar-refractivity contribution in [3.8, 4) is 0 Å². The summed E-state index contributed by atoms with van der Waals surface area (Å²) in [6.45, 7) is 1.87. The molecule has 0 radical (unpaired) electrons. The summed E-state index contributed by atoms with van der Waals surface area (Å²) in [6, 6.07) is 1.62. The summed E-state index contributed by atoms with van der Waals surface area (Å²) in [5.74, 6) is 0.190. The minimum absolute atomic E-state index is 0.324. The highest BCUT2D eigenvalue weighted by Crippen LogP contribution is 2.15. The van der Waals surface area contributed by atoms with Crippen LogP contribution in [0.1, 0.15) is 23.2 Å². The molecule has 6 nitrogen and oxygen atoms in total. The number of nitrogens with zero attached hydrogens (tertiary/aromatic N) is 2. The van der Waals surface area contributed by atoms with E-state index in [9.17, 15) is 4.79 Å². The van der Waals surface area contributed by atoms with Gasteiger partial charge in [-0.25, -0.2) is 9.78 Å². The van der Waals surface area contributed by atoms with Crippen molar-refractivity contribution in [2.45, 2.75) is 12.8 Å². The number of hydrogen-bond donors (Lipinski definition) is 2. The molecule has 0 fully saturated rings. The van der Waals surface area contributed by atoms with Crippen LogP contribution in [0.15, 0.2) is 12.3 Å². The molecule has 1 rings (SSSR count). The molecular formula is C13H22N4O2. The monoisotopic (exact) mass is 266 g/mol. The molecule has 19 heavy (non-hydrogen) atoms. The number of carbonyl (C=O) groups excluding carboxylic acids is 1. The number of nitrogen functional groups attached to an aromatic ring is 1. The predicted octanol–water partition coefficient (Wildman–Crippen LogP) is 1.20. The minimum atomic E-state index is -0.449. The average Bonchev–Trinajstić information content (AvgIpc) is 2.39. The summed E-state index contributed by atoms with van der Waals surface area (Å²) in [4.78, 5) is 17.8. The van der Waals surface area contributed by atoms with E-state index in [0.29, 0.717) is 17.1 Å². The maximum absolute atomic E-state index is 11.5. The molecule has 6 heteroatoms. The van der Waals surface area contributed by atoms with Crippen LogP contribution >= 0.6 is 0 Å². The smallest absolute Gasteiger partial charge is 0.340 e. The van der Waals surface area contributed by atoms with Crippen molar-refractivity contribution in [1.82, 2.24) is 9.88 Å². The van der Waals surface area contributed by atoms with E-state index in [4.69, 9.17) is 5.73 Å². The fourth-order valence-electron chi connectivity index (χ4n) is 1.62. The SMILES string of the molecule is COC(=O)c1cc(NCCCCN(C)C)ncc1N. The lowest BCUT2D eigenvalue weighted by atomic mass is 10.2. The molecule has 0 spiro atoms. The molecule has 0 atom stereocenters. The Morgan fingerprint density at radius 1 is 1.47 bits per heavy atom. The van der Waals surface area contributed by atoms with E-state index in [1.54, 1.807) is 6.07 Å². The van der Waals surface area contributed by atoms with Gasteiger partial charge in [0.15, 0.2) is 0 Å². The normalized spacial score (nSPS) is 10.5. The lowest BCUT2D eigenvalue weighted by molar-refractivity contribution is 0.0602. The maximum Gasteiger partial charge on any atom is 0.340 e. The van der Waals surface area contributed by atoms with Gasteiger partial charge < -0.3 is 20.7 Å². The molecule has 3 N–H and O–H groups in total. The summed E-state index contributed by atoms with van der Waals surface area (Å²) in [5.41, 5.74) is 6.34. The van der Waals surface area contributed by atoms with Crippen molar-refractivity contribution in [3.05, 3.63) is 17.8 Å². The van der Waals surface area contributed by atoms with Gasteiger partial charge in [0.2, 0.25) is 0 Å². The molecule has 0 aliphatic heterocycles. The molecular weight excluding hydrogens is 244 g/mol. The van der Waals surface area contributed by atoms with Gasteiger partial charge in [-0.2, -0.15) is 0 Å². The molecule has 0 amide bonds. The topological polar surface area (TPSA) is 80.5 Å². The molecule has 0 aliphatic carbocycles. The van der Waals surface area contributed by atoms with Gasteiger partial charge in [-0.1, -0.05) is 0 Å². The highest BCUT2D eigenvalue weighted by Gasteiger charge is 2.11. The molecule has 0 unspecified atom stereocenters. The van der Waals surface area contributed by atoms with E-state index in [0.717, 1.165) is 25.9 Å². The number of unbranched alkanes of at least 4 members (excludes halogenated alkanes) is 1. The van der Waals surface area contributed by atoms with Crippen molar-refractivity contribution >= 4 is 17.5 Å². The fourth-order valence-corrected chi connectivity index (χ4v) is 1.62. The zero-order chi connectivity index (χ0) is 14.3. The number of nitrogens with two attached hydrogens (primary N) is 1. The van der Waals surface area contributed by atoms with E-state index in [2.05, 4.69) is 34.0 Å². The predicted molar refractivity (Wildman–Crippen MR) is 76.3 cm³/mol. The lowest BCUT2D eigenvalue weighted by Crippen LogP contribution is -2.14. The van der Waals surface area contributed by atoms with Gasteiger partial charge in [0.1, 0.15) is 5.82 Å². The Morgan fingerprint density at radius 2 is 2.21 bits per heavy atom. The van der Waals surface area contributed by atoms with E-state index in [-0.39, 0.29) is 0 Å². The highest BCUT2D eigenvalue weighted by molar-refractivity contribution is 5.95. The second-order valence-electron chi connectivity index (χ2n) is 4.59. The molecule has 0 aliphatic rings. The van der Waals surface area contributed by atoms with Gasteiger partial charge in [-0.3, -0.25) is 0 Å². The third-order valence-corrected chi connectivity index (χ3v) is 2.68. The van der Waals surface area contributed by atoms with Gasteiger partial charge in [-0.05, 0) is 39.5 Å². The average molecular weight is 266 g/mol. The maximum atomic E-state index is 11.5. The van der Waals surface area contributed by atoms with Crippen molar-refractivity contribution in [3.63, 3.8) is 0 Å². The largest absolute Gasteiger partial charge is 0.465 e. The van der Waals surface area contributed by atoms with E-state index < -0.39 is 5.97 Å². The van der Waals surface area contributed by atoms with Crippen LogP contribution in [0.3, 0.4) is 0 Å². The third-order valence-electron chi connectivity index (χ3n) is 2.68. The van der Waals surface area contributed by atoms with Gasteiger partial charge in [0, 0.05) is 6.54 Å². The van der Waals surface area contributed by atoms with E-state index in [1.165, 1.54) is 13.3 Å². The molecule has 0 aromatic carbocycles. The highest BCUT2D eigenvalue weighted by atomic mass is 16.5. The molecule has 1 heterocycles. The Bertz CT molecular complexity index is 421. The van der Waals surface area contributed by atoms with Crippen LogP contribution in [-0.2, 0) is 4.74 Å². The lowest BCUT2D eigenvalue weighted by Gasteiger charge is -2.10. The fraction of sp³-hybridized carbons (Fsp3) is 0.538. The molecule has 1 aromatic rings. The number of pyridine rings is 1. The number of rotatable bonds is 7. The van der Waals surface area contributed by atoms with Crippen LogP contribution in [0.2, 0.25) is 0 Å². The number of anilines is 2. The molecule has 0 bridgehead atoms. The molecule has 106 valence electrons. The number of nitrogens with one attached hydrogen (secondary N) is 1. The van der Waals surface area contributed by atoms with Crippen LogP contribution in [0, 0.1) is 0 Å². The number of hydrogen-bond acceptors (Lipinski definition) is 6. The van der Waals surface area contributed by atoms with Crippen LogP contribution < -0.4 is 11.1 Å². The molecule has 0 saturated carbocycles. The number of esters is 1. The van der Waals surface area contributed by atoms with Crippen molar-refractivity contribution in [1.29, 1.82) is 0 Å². The van der Waals surface area contributed by atoms with Crippen LogP contribution in [0.4, 0.5) is 11.5 Å². The molecule has 0 saturated heterocycles. The zero-order valence-electron chi connectivity index (χ0n) is 11.8. The van der Waals surface area contributed by atoms with Crippen LogP contribution in [0.5, 0.6) is 0 Å². The first-order valence-electron chi connectivity index (χ1n) is 6.27. The summed E-state index contributed by atoms with van der Waals surface area (Å²) >= 11 is 0. The Balaban J connectivity index is 2.48. The first-order chi connectivity index (χ1) is 9.04. The number of aromatic nitrogens is 1. The second-order valence-corrected chi connectivity index (χ2v) is 4.59. The van der Waals surface area contributed by atoms with Gasteiger partial charge >= 0.3 is 5.97 Å². The zero-order valence-corrected chi connectivity index (χ0v) is 11.8. The van der Waals surface area contributed by atoms with Crippen LogP contribution in [-0.4, -0.2) is 50.1 Å². The number of carbonyl (C=O) groups is 1. The van der Waals surface area contributed by atoms with Crippen molar-refractivity contribution < 1.29 is 9.53 Å². The number of methoxy groups -OCH3 is 1. The first-order valence-corrected chi connectivity index (χ1v) is 6.27. The summed E-state index contributed by atoms with van der Waals surface area (Å²) in [5, 5.41) is 3.17. The second kappa shape index (κ2) is 7.58. The quantitative estimate of drug-likeness (QED) is 0.570. The van der Waals surface area contributed by atoms with Gasteiger partial charge in [-0.15, -0.1) is 0 Å². The molecule has 1 aromatic heterocycles. The first kappa shape index (κ1) is 15.2. The van der Waals surface area contributed by atoms with Crippen molar-refractivity contribution in [2.75, 3.05) is 45.3 Å². The van der Waals surface area contributed by atoms with Crippen LogP contribution in [0.25, 0.3) is 0 Å². The number of ether oxygens (including phenoxy) is 1. The third kappa shape index (κ3) is 5.13. The van der Waals surface area contributed by atoms with Crippen molar-refractivity contribution in [2.24, 2.45) is 0 Å². The summed E-state index contributed by atoms with van der Waals surface area (Å²) in [6.07, 6.45) is 3.62. The standard InChI is InChI=1S/C13H22N4O2/c1-17(2)7-5-4-6-15-12-8-10(13(18)19-3)11(14)9-16-12/h8-9H,4-7,14H2,1-3H3,(H,15,16). The minimum Gasteiger partial charge on any atom is -0.465 e. The Hall–Kier alpha value is -1.82. The van der Waals surface area contributed by atoms with Gasteiger partial charge in [0.05, 0.1) is 24.6 Å². The Labute approximate surface area is 113 Å². The van der Waals surface area contributed by atoms with E-state index in [1.807, 2.05) is 0 Å². The van der Waals surface area contributed by atoms with E-state index >= 15 is 0 Å². The Kier molecular flexibility index (Phi) is 6.08. The summed E-state index contributed by atoms with van der Waals surface area (Å²) in [7, 11) is 5.44. The van der Waals surface area contributed by atoms with Gasteiger partial charge in [0.25, 0.3) is 0 Å². The summed E-state index contributed by atoms with van der Waals surface area (Å²) < 4.78 is 4.66.